The summed E-state index contributed by atoms with van der Waals surface area (Å²) >= 11 is 6.07. The number of pyridine rings is 1. The Balaban J connectivity index is 1.58. The Kier molecular flexibility index (Phi) is 4.28. The van der Waals surface area contributed by atoms with Gasteiger partial charge in [-0.3, -0.25) is 9.29 Å². The second-order valence-electron chi connectivity index (χ2n) is 6.94. The lowest BCUT2D eigenvalue weighted by Crippen LogP contribution is -2.29. The van der Waals surface area contributed by atoms with Crippen LogP contribution in [0.5, 0.6) is 0 Å². The third-order valence-corrected chi connectivity index (χ3v) is 7.25. The summed E-state index contributed by atoms with van der Waals surface area (Å²) < 4.78 is 33.7. The van der Waals surface area contributed by atoms with E-state index in [4.69, 9.17) is 21.3 Å². The van der Waals surface area contributed by atoms with Crippen molar-refractivity contribution in [2.75, 3.05) is 10.8 Å². The van der Waals surface area contributed by atoms with Gasteiger partial charge in [0.25, 0.3) is 10.0 Å². The molecule has 0 radical (unpaired) electrons. The zero-order valence-corrected chi connectivity index (χ0v) is 17.1. The van der Waals surface area contributed by atoms with Crippen LogP contribution in [-0.2, 0) is 16.4 Å². The minimum Gasteiger partial charge on any atom is -0.456 e. The molecule has 0 spiro atoms. The summed E-state index contributed by atoms with van der Waals surface area (Å²) in [6.45, 7) is 0.308. The average molecular weight is 436 g/mol. The van der Waals surface area contributed by atoms with Crippen LogP contribution in [0.3, 0.4) is 0 Å². The quantitative estimate of drug-likeness (QED) is 0.462. The second-order valence-corrected chi connectivity index (χ2v) is 9.24. The van der Waals surface area contributed by atoms with Crippen molar-refractivity contribution in [3.8, 4) is 17.4 Å². The predicted octanol–water partition coefficient (Wildman–Crippen LogP) is 4.77. The molecule has 2 aromatic heterocycles. The van der Waals surface area contributed by atoms with Crippen LogP contribution < -0.4 is 4.31 Å². The first kappa shape index (κ1) is 18.7. The van der Waals surface area contributed by atoms with E-state index in [2.05, 4.69) is 4.98 Å². The molecule has 1 aliphatic rings. The van der Waals surface area contributed by atoms with Crippen molar-refractivity contribution in [3.05, 3.63) is 77.1 Å². The van der Waals surface area contributed by atoms with Crippen molar-refractivity contribution in [1.29, 1.82) is 5.26 Å². The predicted molar refractivity (Wildman–Crippen MR) is 114 cm³/mol. The minimum absolute atomic E-state index is 0.137. The summed E-state index contributed by atoms with van der Waals surface area (Å²) in [6, 6.07) is 15.2. The molecule has 148 valence electrons. The first-order valence-electron chi connectivity index (χ1n) is 9.16. The molecule has 30 heavy (non-hydrogen) atoms. The third kappa shape index (κ3) is 2.93. The second kappa shape index (κ2) is 6.87. The highest BCUT2D eigenvalue weighted by Crippen LogP contribution is 2.39. The Morgan fingerprint density at radius 2 is 1.90 bits per heavy atom. The van der Waals surface area contributed by atoms with Crippen LogP contribution in [0.25, 0.3) is 22.3 Å². The van der Waals surface area contributed by atoms with Crippen LogP contribution in [-0.4, -0.2) is 19.9 Å². The van der Waals surface area contributed by atoms with Gasteiger partial charge in [-0.25, -0.2) is 8.42 Å². The number of hydrogen-bond acceptors (Lipinski definition) is 5. The normalized spacial score (nSPS) is 13.4. The average Bonchev–Trinajstić information content (AvgIpc) is 3.37. The van der Waals surface area contributed by atoms with Gasteiger partial charge in [0.05, 0.1) is 28.4 Å². The molecule has 2 aromatic carbocycles. The van der Waals surface area contributed by atoms with Crippen LogP contribution in [0.15, 0.2) is 70.2 Å². The number of nitriles is 1. The summed E-state index contributed by atoms with van der Waals surface area (Å²) in [5, 5.41) is 10.4. The highest BCUT2D eigenvalue weighted by atomic mass is 35.5. The van der Waals surface area contributed by atoms with Gasteiger partial charge in [-0.2, -0.15) is 5.26 Å². The summed E-state index contributed by atoms with van der Waals surface area (Å²) in [5.41, 5.74) is 3.27. The zero-order chi connectivity index (χ0) is 20.9. The molecule has 5 rings (SSSR count). The molecule has 0 amide bonds. The molecule has 0 fully saturated rings. The summed E-state index contributed by atoms with van der Waals surface area (Å²) in [6.07, 6.45) is 3.79. The lowest BCUT2D eigenvalue weighted by molar-refractivity contribution is 0.592. The van der Waals surface area contributed by atoms with Gasteiger partial charge in [0.1, 0.15) is 11.3 Å². The fraction of sp³-hybridized carbons (Fsp3) is 0.0909. The molecule has 0 bridgehead atoms. The number of nitrogens with zero attached hydrogens (tertiary/aromatic N) is 3. The van der Waals surface area contributed by atoms with E-state index in [9.17, 15) is 8.42 Å². The molecule has 6 nitrogen and oxygen atoms in total. The monoisotopic (exact) mass is 435 g/mol. The Hall–Kier alpha value is -3.34. The number of furan rings is 1. The molecule has 0 unspecified atom stereocenters. The van der Waals surface area contributed by atoms with E-state index in [1.807, 2.05) is 18.2 Å². The fourth-order valence-corrected chi connectivity index (χ4v) is 5.39. The molecular weight excluding hydrogens is 422 g/mol. The summed E-state index contributed by atoms with van der Waals surface area (Å²) in [4.78, 5) is 4.41. The van der Waals surface area contributed by atoms with E-state index in [-0.39, 0.29) is 4.90 Å². The van der Waals surface area contributed by atoms with Gasteiger partial charge < -0.3 is 4.42 Å². The van der Waals surface area contributed by atoms with Crippen molar-refractivity contribution in [1.82, 2.24) is 4.98 Å². The van der Waals surface area contributed by atoms with Gasteiger partial charge in [-0.05, 0) is 60.5 Å². The number of benzene rings is 2. The van der Waals surface area contributed by atoms with Crippen LogP contribution in [0.1, 0.15) is 11.1 Å². The van der Waals surface area contributed by atoms with E-state index >= 15 is 0 Å². The highest BCUT2D eigenvalue weighted by molar-refractivity contribution is 7.92. The zero-order valence-electron chi connectivity index (χ0n) is 15.5. The third-order valence-electron chi connectivity index (χ3n) is 5.18. The first-order valence-corrected chi connectivity index (χ1v) is 11.0. The van der Waals surface area contributed by atoms with Crippen LogP contribution >= 0.6 is 11.6 Å². The van der Waals surface area contributed by atoms with Gasteiger partial charge in [-0.1, -0.05) is 11.6 Å². The Bertz CT molecular complexity index is 1440. The van der Waals surface area contributed by atoms with E-state index in [1.54, 1.807) is 24.5 Å². The topological polar surface area (TPSA) is 87.2 Å². The van der Waals surface area contributed by atoms with Gasteiger partial charge in [0.15, 0.2) is 0 Å². The van der Waals surface area contributed by atoms with E-state index < -0.39 is 10.0 Å². The maximum atomic E-state index is 13.2. The standard InChI is InChI=1S/C22H14ClN3O3S/c23-16-3-6-21-15(9-16)10-22(29-21)19-12-25-13-20-18(19)7-8-26(20)30(27,28)17-4-1-14(11-24)2-5-17/h1-6,9-10,12-13H,7-8H2. The number of sulfonamides is 1. The van der Waals surface area contributed by atoms with Crippen molar-refractivity contribution >= 4 is 38.3 Å². The highest BCUT2D eigenvalue weighted by Gasteiger charge is 2.33. The van der Waals surface area contributed by atoms with Gasteiger partial charge in [-0.15, -0.1) is 0 Å². The number of rotatable bonds is 3. The van der Waals surface area contributed by atoms with Gasteiger partial charge >= 0.3 is 0 Å². The molecule has 8 heteroatoms. The number of halogens is 1. The number of aromatic nitrogens is 1. The number of fused-ring (bicyclic) bond motifs is 2. The first-order chi connectivity index (χ1) is 14.5. The van der Waals surface area contributed by atoms with Crippen LogP contribution in [0.2, 0.25) is 5.02 Å². The Morgan fingerprint density at radius 1 is 1.10 bits per heavy atom. The number of anilines is 1. The minimum atomic E-state index is -3.77. The molecule has 0 saturated heterocycles. The maximum Gasteiger partial charge on any atom is 0.264 e. The number of hydrogen-bond donors (Lipinski definition) is 0. The summed E-state index contributed by atoms with van der Waals surface area (Å²) in [5.74, 6) is 0.620. The molecule has 0 atom stereocenters. The van der Waals surface area contributed by atoms with Gasteiger partial charge in [0.2, 0.25) is 0 Å². The molecule has 0 saturated carbocycles. The van der Waals surface area contributed by atoms with Crippen molar-refractivity contribution in [2.45, 2.75) is 11.3 Å². The van der Waals surface area contributed by atoms with Crippen LogP contribution in [0.4, 0.5) is 5.69 Å². The van der Waals surface area contributed by atoms with Gasteiger partial charge in [0, 0.05) is 28.7 Å². The van der Waals surface area contributed by atoms with Crippen molar-refractivity contribution < 1.29 is 12.8 Å². The lowest BCUT2D eigenvalue weighted by Gasteiger charge is -2.19. The molecule has 0 N–H and O–H groups in total. The lowest BCUT2D eigenvalue weighted by atomic mass is 10.1. The smallest absolute Gasteiger partial charge is 0.264 e. The maximum absolute atomic E-state index is 13.2. The van der Waals surface area contributed by atoms with E-state index in [1.165, 1.54) is 28.6 Å². The Morgan fingerprint density at radius 3 is 2.67 bits per heavy atom. The summed E-state index contributed by atoms with van der Waals surface area (Å²) in [7, 11) is -3.77. The molecule has 4 aromatic rings. The van der Waals surface area contributed by atoms with E-state index in [0.29, 0.717) is 40.6 Å². The largest absolute Gasteiger partial charge is 0.456 e. The fourth-order valence-electron chi connectivity index (χ4n) is 3.73. The SMILES string of the molecule is N#Cc1ccc(S(=O)(=O)N2CCc3c(-c4cc5cc(Cl)ccc5o4)cncc32)cc1. The Labute approximate surface area is 178 Å². The molecule has 0 aliphatic carbocycles. The van der Waals surface area contributed by atoms with Crippen LogP contribution in [0, 0.1) is 11.3 Å². The van der Waals surface area contributed by atoms with E-state index in [0.717, 1.165) is 16.5 Å². The molecule has 1 aliphatic heterocycles. The molecule has 3 heterocycles. The van der Waals surface area contributed by atoms with Crippen molar-refractivity contribution in [3.63, 3.8) is 0 Å². The molecular formula is C22H14ClN3O3S. The van der Waals surface area contributed by atoms with Crippen molar-refractivity contribution in [2.24, 2.45) is 0 Å².